The molecule has 0 aliphatic rings. The zero-order chi connectivity index (χ0) is 10.9. The van der Waals surface area contributed by atoms with Gasteiger partial charge in [0.2, 0.25) is 0 Å². The summed E-state index contributed by atoms with van der Waals surface area (Å²) in [4.78, 5) is 4.33. The van der Waals surface area contributed by atoms with Gasteiger partial charge >= 0.3 is 0 Å². The lowest BCUT2D eigenvalue weighted by atomic mass is 9.85. The molecule has 0 aliphatic carbocycles. The van der Waals surface area contributed by atoms with Gasteiger partial charge in [-0.05, 0) is 32.0 Å². The quantitative estimate of drug-likeness (QED) is 0.847. The van der Waals surface area contributed by atoms with Crippen LogP contribution in [-0.2, 0) is 5.41 Å². The molecule has 2 rings (SSSR count). The first-order valence-corrected chi connectivity index (χ1v) is 5.11. The van der Waals surface area contributed by atoms with Crippen molar-refractivity contribution < 1.29 is 0 Å². The highest BCUT2D eigenvalue weighted by molar-refractivity contribution is 6.31. The minimum atomic E-state index is -0.255. The Labute approximate surface area is 93.5 Å². The summed E-state index contributed by atoms with van der Waals surface area (Å²) in [7, 11) is 0. The largest absolute Gasteiger partial charge is 0.282 e. The second-order valence-electron chi connectivity index (χ2n) is 3.93. The lowest BCUT2D eigenvalue weighted by molar-refractivity contribution is 0.593. The number of aromatic amines is 1. The van der Waals surface area contributed by atoms with Crippen LogP contribution >= 0.6 is 11.6 Å². The van der Waals surface area contributed by atoms with E-state index in [1.54, 1.807) is 12.4 Å². The van der Waals surface area contributed by atoms with Crippen LogP contribution in [0.2, 0.25) is 5.02 Å². The van der Waals surface area contributed by atoms with Gasteiger partial charge in [-0.25, -0.2) is 0 Å². The summed E-state index contributed by atoms with van der Waals surface area (Å²) in [6.45, 7) is 4.13. The van der Waals surface area contributed by atoms with Crippen molar-refractivity contribution in [3.63, 3.8) is 0 Å². The lowest BCUT2D eigenvalue weighted by Gasteiger charge is -2.23. The molecule has 0 bridgehead atoms. The van der Waals surface area contributed by atoms with Crippen molar-refractivity contribution in [2.45, 2.75) is 19.3 Å². The molecule has 0 saturated heterocycles. The van der Waals surface area contributed by atoms with Gasteiger partial charge in [-0.3, -0.25) is 10.1 Å². The molecule has 2 aromatic rings. The molecule has 0 aromatic carbocycles. The SMILES string of the molecule is CC(C)(c1ccn[nH]1)c1ncccc1Cl. The Morgan fingerprint density at radius 2 is 2.07 bits per heavy atom. The maximum atomic E-state index is 6.13. The van der Waals surface area contributed by atoms with Crippen molar-refractivity contribution in [3.05, 3.63) is 47.0 Å². The number of hydrogen-bond donors (Lipinski definition) is 1. The minimum absolute atomic E-state index is 0.255. The van der Waals surface area contributed by atoms with Gasteiger partial charge in [0.25, 0.3) is 0 Å². The highest BCUT2D eigenvalue weighted by Gasteiger charge is 2.28. The Morgan fingerprint density at radius 3 is 2.67 bits per heavy atom. The number of rotatable bonds is 2. The maximum absolute atomic E-state index is 6.13. The van der Waals surface area contributed by atoms with Crippen LogP contribution in [0.1, 0.15) is 25.2 Å². The van der Waals surface area contributed by atoms with E-state index in [1.807, 2.05) is 18.2 Å². The molecule has 0 unspecified atom stereocenters. The van der Waals surface area contributed by atoms with Crippen LogP contribution in [0.25, 0.3) is 0 Å². The van der Waals surface area contributed by atoms with Crippen LogP contribution < -0.4 is 0 Å². The Hall–Kier alpha value is -1.35. The monoisotopic (exact) mass is 221 g/mol. The fraction of sp³-hybridized carbons (Fsp3) is 0.273. The van der Waals surface area contributed by atoms with E-state index in [0.717, 1.165) is 11.4 Å². The molecule has 0 spiro atoms. The highest BCUT2D eigenvalue weighted by atomic mass is 35.5. The molecule has 15 heavy (non-hydrogen) atoms. The standard InChI is InChI=1S/C11H12ClN3/c1-11(2,9-5-7-14-15-9)10-8(12)4-3-6-13-10/h3-7H,1-2H3,(H,14,15). The summed E-state index contributed by atoms with van der Waals surface area (Å²) in [5.74, 6) is 0. The van der Waals surface area contributed by atoms with E-state index in [2.05, 4.69) is 29.0 Å². The van der Waals surface area contributed by atoms with Gasteiger partial charge in [0.15, 0.2) is 0 Å². The molecule has 4 heteroatoms. The zero-order valence-electron chi connectivity index (χ0n) is 8.66. The number of halogens is 1. The minimum Gasteiger partial charge on any atom is -0.282 e. The summed E-state index contributed by atoms with van der Waals surface area (Å²) in [6, 6.07) is 5.61. The second-order valence-corrected chi connectivity index (χ2v) is 4.34. The summed E-state index contributed by atoms with van der Waals surface area (Å²) in [5, 5.41) is 7.58. The predicted molar refractivity (Wildman–Crippen MR) is 60.0 cm³/mol. The predicted octanol–water partition coefficient (Wildman–Crippen LogP) is 2.78. The average molecular weight is 222 g/mol. The first kappa shape index (κ1) is 10.2. The van der Waals surface area contributed by atoms with Gasteiger partial charge in [-0.1, -0.05) is 11.6 Å². The first-order valence-electron chi connectivity index (χ1n) is 4.73. The molecular formula is C11H12ClN3. The van der Waals surface area contributed by atoms with Gasteiger partial charge in [-0.15, -0.1) is 0 Å². The van der Waals surface area contributed by atoms with Crippen LogP contribution in [0.4, 0.5) is 0 Å². The molecular weight excluding hydrogens is 210 g/mol. The molecule has 0 atom stereocenters. The number of H-pyrrole nitrogens is 1. The fourth-order valence-electron chi connectivity index (χ4n) is 1.58. The molecule has 0 fully saturated rings. The second kappa shape index (κ2) is 3.66. The number of nitrogens with one attached hydrogen (secondary N) is 1. The Morgan fingerprint density at radius 1 is 1.27 bits per heavy atom. The van der Waals surface area contributed by atoms with Gasteiger partial charge in [0.1, 0.15) is 0 Å². The number of pyridine rings is 1. The Balaban J connectivity index is 2.51. The van der Waals surface area contributed by atoms with Crippen LogP contribution in [0, 0.1) is 0 Å². The third-order valence-corrected chi connectivity index (χ3v) is 2.83. The molecule has 3 nitrogen and oxygen atoms in total. The molecule has 1 N–H and O–H groups in total. The molecule has 0 amide bonds. The third-order valence-electron chi connectivity index (χ3n) is 2.52. The number of aromatic nitrogens is 3. The van der Waals surface area contributed by atoms with Gasteiger partial charge in [0, 0.05) is 18.1 Å². The Kier molecular flexibility index (Phi) is 2.49. The summed E-state index contributed by atoms with van der Waals surface area (Å²) >= 11 is 6.13. The summed E-state index contributed by atoms with van der Waals surface area (Å²) in [5.41, 5.74) is 1.61. The summed E-state index contributed by atoms with van der Waals surface area (Å²) < 4.78 is 0. The first-order chi connectivity index (χ1) is 7.12. The van der Waals surface area contributed by atoms with Gasteiger partial charge < -0.3 is 0 Å². The van der Waals surface area contributed by atoms with Crippen LogP contribution in [0.15, 0.2) is 30.6 Å². The maximum Gasteiger partial charge on any atom is 0.0705 e. The smallest absolute Gasteiger partial charge is 0.0705 e. The van der Waals surface area contributed by atoms with Crippen molar-refractivity contribution in [2.24, 2.45) is 0 Å². The molecule has 2 heterocycles. The topological polar surface area (TPSA) is 41.6 Å². The molecule has 0 radical (unpaired) electrons. The fourth-order valence-corrected chi connectivity index (χ4v) is 1.93. The highest BCUT2D eigenvalue weighted by Crippen LogP contribution is 2.32. The van der Waals surface area contributed by atoms with E-state index in [-0.39, 0.29) is 5.41 Å². The zero-order valence-corrected chi connectivity index (χ0v) is 9.42. The summed E-state index contributed by atoms with van der Waals surface area (Å²) in [6.07, 6.45) is 3.48. The van der Waals surface area contributed by atoms with E-state index in [4.69, 9.17) is 11.6 Å². The van der Waals surface area contributed by atoms with E-state index >= 15 is 0 Å². The van der Waals surface area contributed by atoms with E-state index in [1.165, 1.54) is 0 Å². The van der Waals surface area contributed by atoms with E-state index in [0.29, 0.717) is 5.02 Å². The number of hydrogen-bond acceptors (Lipinski definition) is 2. The van der Waals surface area contributed by atoms with Crippen LogP contribution in [0.5, 0.6) is 0 Å². The van der Waals surface area contributed by atoms with Crippen LogP contribution in [0.3, 0.4) is 0 Å². The molecule has 0 saturated carbocycles. The number of nitrogens with zero attached hydrogens (tertiary/aromatic N) is 2. The van der Waals surface area contributed by atoms with E-state index < -0.39 is 0 Å². The Bertz CT molecular complexity index is 449. The third kappa shape index (κ3) is 1.75. The van der Waals surface area contributed by atoms with E-state index in [9.17, 15) is 0 Å². The molecule has 78 valence electrons. The van der Waals surface area contributed by atoms with Crippen molar-refractivity contribution in [3.8, 4) is 0 Å². The van der Waals surface area contributed by atoms with Crippen molar-refractivity contribution >= 4 is 11.6 Å². The van der Waals surface area contributed by atoms with Crippen molar-refractivity contribution in [1.29, 1.82) is 0 Å². The van der Waals surface area contributed by atoms with Crippen LogP contribution in [-0.4, -0.2) is 15.2 Å². The van der Waals surface area contributed by atoms with Gasteiger partial charge in [-0.2, -0.15) is 5.10 Å². The lowest BCUT2D eigenvalue weighted by Crippen LogP contribution is -2.21. The normalized spacial score (nSPS) is 11.7. The van der Waals surface area contributed by atoms with Gasteiger partial charge in [0.05, 0.1) is 16.1 Å². The molecule has 2 aromatic heterocycles. The van der Waals surface area contributed by atoms with Crippen molar-refractivity contribution in [1.82, 2.24) is 15.2 Å². The molecule has 0 aliphatic heterocycles. The van der Waals surface area contributed by atoms with Crippen molar-refractivity contribution in [2.75, 3.05) is 0 Å². The average Bonchev–Trinajstić information content (AvgIpc) is 2.71.